The molecule has 0 heterocycles. The number of rotatable bonds is 1. The van der Waals surface area contributed by atoms with E-state index in [-0.39, 0.29) is 24.8 Å². The molecule has 0 bridgehead atoms. The first-order chi connectivity index (χ1) is 4.24. The predicted molar refractivity (Wildman–Crippen MR) is 50.2 cm³/mol. The molecule has 0 saturated carbocycles. The van der Waals surface area contributed by atoms with E-state index < -0.39 is 0 Å². The van der Waals surface area contributed by atoms with Gasteiger partial charge in [0.25, 0.3) is 0 Å². The van der Waals surface area contributed by atoms with Gasteiger partial charge in [-0.1, -0.05) is 0 Å². The van der Waals surface area contributed by atoms with Gasteiger partial charge in [-0.3, -0.25) is 0 Å². The maximum absolute atomic E-state index is 2.31. The quantitative estimate of drug-likeness (QED) is 0.603. The Bertz CT molecular complexity index is 183. The molecule has 1 rings (SSSR count). The molecule has 63 valence electrons. The van der Waals surface area contributed by atoms with Gasteiger partial charge in [0.2, 0.25) is 0 Å². The molecular formula is C8H13Cl2Ti. The average molecular weight is 228 g/mol. The van der Waals surface area contributed by atoms with Crippen molar-refractivity contribution in [2.24, 2.45) is 0 Å². The Kier molecular flexibility index (Phi) is 8.20. The van der Waals surface area contributed by atoms with Gasteiger partial charge in [-0.2, -0.15) is 0 Å². The SMILES string of the molecule is CCC1=[C]([Ti])CC(C)=C1.Cl.Cl. The van der Waals surface area contributed by atoms with Gasteiger partial charge in [0.15, 0.2) is 0 Å². The molecule has 0 aromatic rings. The minimum absolute atomic E-state index is 0. The molecule has 0 spiro atoms. The van der Waals surface area contributed by atoms with Crippen molar-refractivity contribution in [3.8, 4) is 0 Å². The van der Waals surface area contributed by atoms with Gasteiger partial charge in [0.1, 0.15) is 0 Å². The fraction of sp³-hybridized carbons (Fsp3) is 0.500. The summed E-state index contributed by atoms with van der Waals surface area (Å²) in [6.07, 6.45) is 4.72. The van der Waals surface area contributed by atoms with Crippen LogP contribution in [0.1, 0.15) is 26.7 Å². The third kappa shape index (κ3) is 3.80. The molecule has 0 amide bonds. The van der Waals surface area contributed by atoms with Crippen LogP contribution in [0.15, 0.2) is 21.1 Å². The Morgan fingerprint density at radius 3 is 2.18 bits per heavy atom. The van der Waals surface area contributed by atoms with Crippen LogP contribution in [0.25, 0.3) is 0 Å². The first-order valence-corrected chi connectivity index (χ1v) is 4.13. The van der Waals surface area contributed by atoms with Gasteiger partial charge < -0.3 is 0 Å². The fourth-order valence-corrected chi connectivity index (χ4v) is 1.97. The van der Waals surface area contributed by atoms with Gasteiger partial charge >= 0.3 is 68.2 Å². The topological polar surface area (TPSA) is 0 Å². The van der Waals surface area contributed by atoms with Gasteiger partial charge in [0, 0.05) is 0 Å². The molecule has 1 aliphatic rings. The Balaban J connectivity index is 0. The van der Waals surface area contributed by atoms with E-state index in [1.54, 1.807) is 9.45 Å². The second kappa shape index (κ2) is 6.31. The smallest absolute Gasteiger partial charge is 0.147 e. The van der Waals surface area contributed by atoms with Gasteiger partial charge in [-0.15, -0.1) is 24.8 Å². The molecule has 1 aliphatic carbocycles. The van der Waals surface area contributed by atoms with Crippen LogP contribution >= 0.6 is 24.8 Å². The van der Waals surface area contributed by atoms with Crippen LogP contribution in [-0.4, -0.2) is 0 Å². The molecule has 0 atom stereocenters. The number of allylic oxidation sites excluding steroid dienone is 4. The van der Waals surface area contributed by atoms with Crippen LogP contribution < -0.4 is 0 Å². The summed E-state index contributed by atoms with van der Waals surface area (Å²) in [5.74, 6) is 0. The molecule has 0 nitrogen and oxygen atoms in total. The van der Waals surface area contributed by atoms with Crippen molar-refractivity contribution in [3.05, 3.63) is 21.1 Å². The van der Waals surface area contributed by atoms with Crippen molar-refractivity contribution in [2.75, 3.05) is 0 Å². The van der Waals surface area contributed by atoms with Crippen molar-refractivity contribution in [1.82, 2.24) is 0 Å². The van der Waals surface area contributed by atoms with E-state index in [2.05, 4.69) is 40.4 Å². The first kappa shape index (κ1) is 14.3. The first-order valence-electron chi connectivity index (χ1n) is 3.35. The minimum Gasteiger partial charge on any atom is -0.147 e. The summed E-state index contributed by atoms with van der Waals surface area (Å²) in [6.45, 7) is 4.42. The molecule has 0 aromatic heterocycles. The summed E-state index contributed by atoms with van der Waals surface area (Å²) in [6, 6.07) is 0. The van der Waals surface area contributed by atoms with Crippen LogP contribution in [0.3, 0.4) is 0 Å². The van der Waals surface area contributed by atoms with Crippen LogP contribution in [0.5, 0.6) is 0 Å². The molecule has 0 aromatic carbocycles. The van der Waals surface area contributed by atoms with Crippen LogP contribution in [0.4, 0.5) is 0 Å². The van der Waals surface area contributed by atoms with Crippen LogP contribution in [0.2, 0.25) is 0 Å². The molecule has 0 saturated heterocycles. The molecule has 0 fully saturated rings. The summed E-state index contributed by atoms with van der Waals surface area (Å²) in [7, 11) is 0. The van der Waals surface area contributed by atoms with Crippen molar-refractivity contribution in [1.29, 1.82) is 0 Å². The second-order valence-electron chi connectivity index (χ2n) is 2.52. The van der Waals surface area contributed by atoms with E-state index in [1.807, 2.05) is 0 Å². The van der Waals surface area contributed by atoms with Crippen LogP contribution in [-0.2, 0) is 20.4 Å². The fourth-order valence-electron chi connectivity index (χ4n) is 1.14. The number of halogens is 2. The van der Waals surface area contributed by atoms with Gasteiger partial charge in [0.05, 0.1) is 0 Å². The summed E-state index contributed by atoms with van der Waals surface area (Å²) >= 11 is 2.23. The molecule has 0 aliphatic heterocycles. The summed E-state index contributed by atoms with van der Waals surface area (Å²) < 4.78 is 1.56. The van der Waals surface area contributed by atoms with Crippen molar-refractivity contribution >= 4 is 24.8 Å². The van der Waals surface area contributed by atoms with Gasteiger partial charge in [-0.25, -0.2) is 0 Å². The molecule has 3 heteroatoms. The van der Waals surface area contributed by atoms with E-state index in [0.29, 0.717) is 0 Å². The normalized spacial score (nSPS) is 15.2. The summed E-state index contributed by atoms with van der Waals surface area (Å²) in [5, 5.41) is 0. The third-order valence-electron chi connectivity index (χ3n) is 1.64. The Morgan fingerprint density at radius 1 is 1.45 bits per heavy atom. The molecule has 0 radical (unpaired) electrons. The van der Waals surface area contributed by atoms with Crippen LogP contribution in [0, 0.1) is 0 Å². The maximum Gasteiger partial charge on any atom is -0.147 e. The number of hydrogen-bond acceptors (Lipinski definition) is 0. The zero-order chi connectivity index (χ0) is 6.85. The third-order valence-corrected chi connectivity index (χ3v) is 2.42. The summed E-state index contributed by atoms with van der Waals surface area (Å²) in [5.41, 5.74) is 3.07. The second-order valence-corrected chi connectivity index (χ2v) is 3.47. The van der Waals surface area contributed by atoms with Crippen molar-refractivity contribution < 1.29 is 20.4 Å². The zero-order valence-electron chi connectivity index (χ0n) is 6.81. The zero-order valence-corrected chi connectivity index (χ0v) is 10.0. The Labute approximate surface area is 92.7 Å². The summed E-state index contributed by atoms with van der Waals surface area (Å²) in [4.78, 5) is 0. The predicted octanol–water partition coefficient (Wildman–Crippen LogP) is 3.39. The molecule has 0 unspecified atom stereocenters. The molecule has 11 heavy (non-hydrogen) atoms. The van der Waals surface area contributed by atoms with Gasteiger partial charge in [-0.05, 0) is 0 Å². The number of hydrogen-bond donors (Lipinski definition) is 0. The Morgan fingerprint density at radius 2 is 2.00 bits per heavy atom. The largest absolute Gasteiger partial charge is 0.147 e. The van der Waals surface area contributed by atoms with E-state index in [4.69, 9.17) is 0 Å². The molecule has 0 N–H and O–H groups in total. The van der Waals surface area contributed by atoms with E-state index >= 15 is 0 Å². The van der Waals surface area contributed by atoms with Crippen molar-refractivity contribution in [2.45, 2.75) is 26.7 Å². The minimum atomic E-state index is 0. The van der Waals surface area contributed by atoms with E-state index in [9.17, 15) is 0 Å². The monoisotopic (exact) mass is 227 g/mol. The van der Waals surface area contributed by atoms with E-state index in [0.717, 1.165) is 0 Å². The molecular weight excluding hydrogens is 215 g/mol. The average Bonchev–Trinajstić information content (AvgIpc) is 2.10. The van der Waals surface area contributed by atoms with Crippen molar-refractivity contribution in [3.63, 3.8) is 0 Å². The van der Waals surface area contributed by atoms with E-state index in [1.165, 1.54) is 18.4 Å². The maximum atomic E-state index is 2.31. The Hall–Kier alpha value is 0.774. The standard InChI is InChI=1S/C8H11.2ClH.Ti/c1-3-8-5-4-7(2)6-8;;;/h6H,3-4H2,1-2H3;2*1H;.